The molecule has 0 saturated carbocycles. The minimum atomic E-state index is 0.200. The van der Waals surface area contributed by atoms with E-state index in [1.54, 1.807) is 18.0 Å². The molecule has 1 aliphatic rings. The Balaban J connectivity index is 1.67. The molecule has 1 aromatic carbocycles. The van der Waals surface area contributed by atoms with Gasteiger partial charge in [0.2, 0.25) is 5.65 Å². The van der Waals surface area contributed by atoms with E-state index in [2.05, 4.69) is 31.2 Å². The average molecular weight is 354 g/mol. The summed E-state index contributed by atoms with van der Waals surface area (Å²) in [6, 6.07) is 9.94. The van der Waals surface area contributed by atoms with Gasteiger partial charge in [0, 0.05) is 38.3 Å². The summed E-state index contributed by atoms with van der Waals surface area (Å²) in [5.74, 6) is 0.819. The Morgan fingerprint density at radius 1 is 1.12 bits per heavy atom. The molecule has 26 heavy (non-hydrogen) atoms. The van der Waals surface area contributed by atoms with E-state index in [1.165, 1.54) is 0 Å². The van der Waals surface area contributed by atoms with Gasteiger partial charge in [0.15, 0.2) is 0 Å². The van der Waals surface area contributed by atoms with E-state index in [4.69, 9.17) is 9.84 Å². The molecule has 3 aromatic rings. The van der Waals surface area contributed by atoms with Gasteiger partial charge in [0.25, 0.3) is 0 Å². The van der Waals surface area contributed by atoms with Crippen LogP contribution in [0.25, 0.3) is 16.9 Å². The maximum absolute atomic E-state index is 9.12. The fourth-order valence-corrected chi connectivity index (χ4v) is 3.30. The molecule has 136 valence electrons. The number of methoxy groups -OCH3 is 1. The number of fused-ring (bicyclic) bond motifs is 1. The van der Waals surface area contributed by atoms with Crippen LogP contribution in [0.5, 0.6) is 5.75 Å². The minimum Gasteiger partial charge on any atom is -0.497 e. The summed E-state index contributed by atoms with van der Waals surface area (Å²) in [5, 5.41) is 22.0. The first-order valence-corrected chi connectivity index (χ1v) is 8.72. The number of benzene rings is 1. The number of hydrogen-bond acceptors (Lipinski definition) is 7. The topological polar surface area (TPSA) is 79.0 Å². The Morgan fingerprint density at radius 2 is 1.88 bits per heavy atom. The van der Waals surface area contributed by atoms with Crippen LogP contribution >= 0.6 is 0 Å². The molecular weight excluding hydrogens is 332 g/mol. The summed E-state index contributed by atoms with van der Waals surface area (Å²) >= 11 is 0. The minimum absolute atomic E-state index is 0.200. The van der Waals surface area contributed by atoms with Crippen LogP contribution < -0.4 is 9.64 Å². The molecule has 0 bridgehead atoms. The molecule has 1 fully saturated rings. The average Bonchev–Trinajstić information content (AvgIpc) is 3.17. The van der Waals surface area contributed by atoms with E-state index in [-0.39, 0.29) is 6.61 Å². The van der Waals surface area contributed by atoms with Crippen LogP contribution in [0.4, 0.5) is 5.69 Å². The van der Waals surface area contributed by atoms with Gasteiger partial charge in [-0.1, -0.05) is 0 Å². The number of aliphatic hydroxyl groups excluding tert-OH is 1. The van der Waals surface area contributed by atoms with E-state index in [0.29, 0.717) is 0 Å². The number of β-amino-alcohol motifs (C(OH)–C–C–N with tert-alkyl or cyclic N) is 1. The van der Waals surface area contributed by atoms with Crippen molar-refractivity contribution < 1.29 is 9.84 Å². The zero-order valence-electron chi connectivity index (χ0n) is 14.7. The predicted molar refractivity (Wildman–Crippen MR) is 98.5 cm³/mol. The van der Waals surface area contributed by atoms with Gasteiger partial charge in [0.1, 0.15) is 12.1 Å². The predicted octanol–water partition coefficient (Wildman–Crippen LogP) is 0.914. The smallest absolute Gasteiger partial charge is 0.200 e. The van der Waals surface area contributed by atoms with Crippen molar-refractivity contribution in [3.05, 3.63) is 36.7 Å². The number of ether oxygens (including phenoxy) is 1. The highest BCUT2D eigenvalue weighted by Gasteiger charge is 2.21. The van der Waals surface area contributed by atoms with Crippen molar-refractivity contribution >= 4 is 11.3 Å². The van der Waals surface area contributed by atoms with Crippen molar-refractivity contribution in [2.45, 2.75) is 0 Å². The van der Waals surface area contributed by atoms with Crippen molar-refractivity contribution in [3.8, 4) is 17.0 Å². The summed E-state index contributed by atoms with van der Waals surface area (Å²) in [7, 11) is 1.66. The lowest BCUT2D eigenvalue weighted by Gasteiger charge is -2.35. The lowest BCUT2D eigenvalue weighted by molar-refractivity contribution is 0.189. The first-order chi connectivity index (χ1) is 12.8. The Hall–Kier alpha value is -2.71. The summed E-state index contributed by atoms with van der Waals surface area (Å²) in [6.07, 6.45) is 1.63. The third-order valence-electron chi connectivity index (χ3n) is 4.76. The van der Waals surface area contributed by atoms with Crippen molar-refractivity contribution in [2.24, 2.45) is 0 Å². The van der Waals surface area contributed by atoms with Gasteiger partial charge in [-0.05, 0) is 30.3 Å². The van der Waals surface area contributed by atoms with E-state index in [0.717, 1.165) is 61.1 Å². The second-order valence-corrected chi connectivity index (χ2v) is 6.29. The lowest BCUT2D eigenvalue weighted by Crippen LogP contribution is -2.47. The molecule has 0 unspecified atom stereocenters. The third kappa shape index (κ3) is 3.21. The highest BCUT2D eigenvalue weighted by Crippen LogP contribution is 2.27. The van der Waals surface area contributed by atoms with E-state index >= 15 is 0 Å². The van der Waals surface area contributed by atoms with Crippen LogP contribution in [0.3, 0.4) is 0 Å². The molecule has 1 N–H and O–H groups in total. The molecule has 0 atom stereocenters. The molecule has 0 aliphatic carbocycles. The zero-order chi connectivity index (χ0) is 17.9. The standard InChI is InChI=1S/C18H22N6O2/c1-26-15-4-2-14(3-5-15)16-12-17(18-20-19-13-24(18)21-16)23-8-6-22(7-9-23)10-11-25/h2-5,12-13,25H,6-11H2,1H3. The van der Waals surface area contributed by atoms with Crippen LogP contribution in [0.1, 0.15) is 0 Å². The van der Waals surface area contributed by atoms with Gasteiger partial charge in [-0.15, -0.1) is 10.2 Å². The van der Waals surface area contributed by atoms with Crippen molar-refractivity contribution in [1.82, 2.24) is 24.7 Å². The van der Waals surface area contributed by atoms with Crippen LogP contribution in [0.2, 0.25) is 0 Å². The second-order valence-electron chi connectivity index (χ2n) is 6.29. The monoisotopic (exact) mass is 354 g/mol. The van der Waals surface area contributed by atoms with Gasteiger partial charge in [-0.25, -0.2) is 0 Å². The number of aliphatic hydroxyl groups is 1. The first-order valence-electron chi connectivity index (χ1n) is 8.72. The van der Waals surface area contributed by atoms with Gasteiger partial charge in [-0.2, -0.15) is 9.61 Å². The van der Waals surface area contributed by atoms with E-state index < -0.39 is 0 Å². The number of anilines is 1. The Kier molecular flexibility index (Phi) is 4.68. The van der Waals surface area contributed by atoms with Gasteiger partial charge in [0.05, 0.1) is 25.1 Å². The lowest BCUT2D eigenvalue weighted by atomic mass is 10.1. The van der Waals surface area contributed by atoms with E-state index in [1.807, 2.05) is 24.3 Å². The number of hydrogen-bond donors (Lipinski definition) is 1. The number of aromatic nitrogens is 4. The largest absolute Gasteiger partial charge is 0.497 e. The van der Waals surface area contributed by atoms with Crippen LogP contribution in [0.15, 0.2) is 36.7 Å². The summed E-state index contributed by atoms with van der Waals surface area (Å²) in [6.45, 7) is 4.53. The Morgan fingerprint density at radius 3 is 2.58 bits per heavy atom. The molecular formula is C18H22N6O2. The Labute approximate surface area is 151 Å². The fraction of sp³-hybridized carbons (Fsp3) is 0.389. The summed E-state index contributed by atoms with van der Waals surface area (Å²) < 4.78 is 6.97. The van der Waals surface area contributed by atoms with Crippen LogP contribution in [0, 0.1) is 0 Å². The van der Waals surface area contributed by atoms with Crippen LogP contribution in [-0.2, 0) is 0 Å². The quantitative estimate of drug-likeness (QED) is 0.730. The molecule has 0 spiro atoms. The normalized spacial score (nSPS) is 15.5. The molecule has 1 saturated heterocycles. The maximum Gasteiger partial charge on any atom is 0.200 e. The molecule has 4 rings (SSSR count). The van der Waals surface area contributed by atoms with E-state index in [9.17, 15) is 0 Å². The van der Waals surface area contributed by atoms with Crippen molar-refractivity contribution in [2.75, 3.05) is 51.3 Å². The second kappa shape index (κ2) is 7.27. The number of nitrogens with zero attached hydrogens (tertiary/aromatic N) is 6. The first kappa shape index (κ1) is 16.7. The van der Waals surface area contributed by atoms with Gasteiger partial charge >= 0.3 is 0 Å². The van der Waals surface area contributed by atoms with Crippen LogP contribution in [-0.4, -0.2) is 76.3 Å². The Bertz CT molecular complexity index is 871. The van der Waals surface area contributed by atoms with Gasteiger partial charge in [-0.3, -0.25) is 4.90 Å². The molecule has 3 heterocycles. The fourth-order valence-electron chi connectivity index (χ4n) is 3.30. The van der Waals surface area contributed by atoms with Crippen molar-refractivity contribution in [1.29, 1.82) is 0 Å². The van der Waals surface area contributed by atoms with Gasteiger partial charge < -0.3 is 14.7 Å². The molecule has 8 heteroatoms. The summed E-state index contributed by atoms with van der Waals surface area (Å²) in [5.41, 5.74) is 3.68. The highest BCUT2D eigenvalue weighted by atomic mass is 16.5. The number of rotatable bonds is 5. The number of piperazine rings is 1. The molecule has 2 aromatic heterocycles. The molecule has 1 aliphatic heterocycles. The molecule has 8 nitrogen and oxygen atoms in total. The third-order valence-corrected chi connectivity index (χ3v) is 4.76. The molecule has 0 radical (unpaired) electrons. The highest BCUT2D eigenvalue weighted by molar-refractivity contribution is 5.74. The summed E-state index contributed by atoms with van der Waals surface area (Å²) in [4.78, 5) is 4.58. The maximum atomic E-state index is 9.12. The van der Waals surface area contributed by atoms with Crippen molar-refractivity contribution in [3.63, 3.8) is 0 Å². The zero-order valence-corrected chi connectivity index (χ0v) is 14.7. The molecule has 0 amide bonds. The SMILES string of the molecule is COc1ccc(-c2cc(N3CCN(CCO)CC3)c3nncn3n2)cc1.